The summed E-state index contributed by atoms with van der Waals surface area (Å²) in [6, 6.07) is 7.78. The number of fused-ring (bicyclic) bond motifs is 1. The number of halogens is 2. The van der Waals surface area contributed by atoms with E-state index in [1.807, 2.05) is 30.5 Å². The first-order chi connectivity index (χ1) is 4.86. The van der Waals surface area contributed by atoms with E-state index in [4.69, 9.17) is 11.6 Å². The summed E-state index contributed by atoms with van der Waals surface area (Å²) in [6.45, 7) is 0. The van der Waals surface area contributed by atoms with Gasteiger partial charge in [0.15, 0.2) is 0 Å². The molecule has 0 saturated carbocycles. The van der Waals surface area contributed by atoms with Gasteiger partial charge >= 0.3 is 0 Å². The summed E-state index contributed by atoms with van der Waals surface area (Å²) in [5.74, 6) is 0. The molecule has 11 heavy (non-hydrogen) atoms. The van der Waals surface area contributed by atoms with Gasteiger partial charge in [0.1, 0.15) is 0 Å². The van der Waals surface area contributed by atoms with E-state index < -0.39 is 0 Å². The quantitative estimate of drug-likeness (QED) is 0.653. The fourth-order valence-electron chi connectivity index (χ4n) is 1.02. The van der Waals surface area contributed by atoms with E-state index in [-0.39, 0.29) is 12.4 Å². The number of rotatable bonds is 0. The monoisotopic (exact) mass is 187 g/mol. The van der Waals surface area contributed by atoms with Gasteiger partial charge in [-0.05, 0) is 24.3 Å². The summed E-state index contributed by atoms with van der Waals surface area (Å²) in [5, 5.41) is 1.94. The van der Waals surface area contributed by atoms with Gasteiger partial charge < -0.3 is 4.98 Å². The molecule has 0 spiro atoms. The number of nitrogens with one attached hydrogen (secondary N) is 1. The van der Waals surface area contributed by atoms with Crippen LogP contribution in [0.3, 0.4) is 0 Å². The van der Waals surface area contributed by atoms with E-state index in [0.717, 1.165) is 15.9 Å². The van der Waals surface area contributed by atoms with Crippen molar-refractivity contribution in [3.63, 3.8) is 0 Å². The molecule has 1 heterocycles. The lowest BCUT2D eigenvalue weighted by atomic mass is 10.2. The van der Waals surface area contributed by atoms with Crippen molar-refractivity contribution in [2.75, 3.05) is 0 Å². The standard InChI is InChI=1S/C8H6ClN.ClH/c9-7-1-2-8-6(5-7)3-4-10-8;/h1-5,10H;1H. The van der Waals surface area contributed by atoms with Crippen molar-refractivity contribution in [1.29, 1.82) is 0 Å². The van der Waals surface area contributed by atoms with Crippen molar-refractivity contribution < 1.29 is 0 Å². The molecule has 0 aliphatic carbocycles. The smallest absolute Gasteiger partial charge is 0.0454 e. The second-order valence-corrected chi connectivity index (χ2v) is 2.65. The molecule has 0 bridgehead atoms. The third kappa shape index (κ3) is 1.50. The van der Waals surface area contributed by atoms with Crippen LogP contribution in [0.5, 0.6) is 0 Å². The summed E-state index contributed by atoms with van der Waals surface area (Å²) in [5.41, 5.74) is 1.13. The number of hydrogen-bond donors (Lipinski definition) is 1. The number of aromatic amines is 1. The molecule has 0 aliphatic rings. The minimum Gasteiger partial charge on any atom is -0.361 e. The highest BCUT2D eigenvalue weighted by molar-refractivity contribution is 6.31. The Morgan fingerprint density at radius 1 is 1.18 bits per heavy atom. The molecule has 0 aliphatic heterocycles. The lowest BCUT2D eigenvalue weighted by Crippen LogP contribution is -1.65. The average Bonchev–Trinajstić information content (AvgIpc) is 2.33. The molecule has 1 N–H and O–H groups in total. The van der Waals surface area contributed by atoms with Crippen LogP contribution in [0.2, 0.25) is 5.02 Å². The highest BCUT2D eigenvalue weighted by Gasteiger charge is 1.92. The molecule has 0 fully saturated rings. The van der Waals surface area contributed by atoms with Crippen LogP contribution in [0.1, 0.15) is 0 Å². The molecular formula is C8H7Cl2N. The van der Waals surface area contributed by atoms with Gasteiger partial charge in [-0.3, -0.25) is 0 Å². The fourth-order valence-corrected chi connectivity index (χ4v) is 1.20. The summed E-state index contributed by atoms with van der Waals surface area (Å²) < 4.78 is 0. The van der Waals surface area contributed by atoms with Crippen molar-refractivity contribution in [2.45, 2.75) is 0 Å². The zero-order chi connectivity index (χ0) is 6.97. The Labute approximate surface area is 75.8 Å². The van der Waals surface area contributed by atoms with Crippen molar-refractivity contribution >= 4 is 34.9 Å². The number of benzene rings is 1. The molecule has 0 amide bonds. The van der Waals surface area contributed by atoms with E-state index >= 15 is 0 Å². The van der Waals surface area contributed by atoms with E-state index in [2.05, 4.69) is 4.98 Å². The van der Waals surface area contributed by atoms with Gasteiger partial charge in [0.05, 0.1) is 0 Å². The lowest BCUT2D eigenvalue weighted by molar-refractivity contribution is 1.48. The Balaban J connectivity index is 0.000000605. The predicted molar refractivity (Wildman–Crippen MR) is 50.6 cm³/mol. The maximum Gasteiger partial charge on any atom is 0.0454 e. The van der Waals surface area contributed by atoms with Gasteiger partial charge in [-0.1, -0.05) is 11.6 Å². The maximum absolute atomic E-state index is 5.76. The summed E-state index contributed by atoms with van der Waals surface area (Å²) in [6.07, 6.45) is 1.90. The first-order valence-corrected chi connectivity index (χ1v) is 3.47. The second-order valence-electron chi connectivity index (χ2n) is 2.21. The average molecular weight is 188 g/mol. The van der Waals surface area contributed by atoms with Gasteiger partial charge in [-0.2, -0.15) is 0 Å². The summed E-state index contributed by atoms with van der Waals surface area (Å²) in [4.78, 5) is 3.09. The minimum absolute atomic E-state index is 0. The normalized spacial score (nSPS) is 9.55. The highest BCUT2D eigenvalue weighted by Crippen LogP contribution is 2.17. The Kier molecular flexibility index (Phi) is 2.42. The first kappa shape index (κ1) is 8.44. The molecule has 2 rings (SSSR count). The molecular weight excluding hydrogens is 181 g/mol. The molecule has 1 aromatic carbocycles. The van der Waals surface area contributed by atoms with Gasteiger partial charge in [-0.25, -0.2) is 0 Å². The highest BCUT2D eigenvalue weighted by atomic mass is 35.5. The van der Waals surface area contributed by atoms with Crippen molar-refractivity contribution in [3.8, 4) is 0 Å². The van der Waals surface area contributed by atoms with Crippen LogP contribution in [0, 0.1) is 0 Å². The molecule has 1 aromatic heterocycles. The molecule has 2 aromatic rings. The predicted octanol–water partition coefficient (Wildman–Crippen LogP) is 3.24. The topological polar surface area (TPSA) is 15.8 Å². The SMILES string of the molecule is Cl.Clc1ccc2[nH]ccc2c1. The number of hydrogen-bond acceptors (Lipinski definition) is 0. The summed E-state index contributed by atoms with van der Waals surface area (Å²) in [7, 11) is 0. The molecule has 0 radical (unpaired) electrons. The Bertz CT molecular complexity index is 354. The lowest BCUT2D eigenvalue weighted by Gasteiger charge is -1.88. The third-order valence-electron chi connectivity index (χ3n) is 1.52. The second kappa shape index (κ2) is 3.16. The molecule has 0 saturated heterocycles. The van der Waals surface area contributed by atoms with Crippen LogP contribution < -0.4 is 0 Å². The van der Waals surface area contributed by atoms with E-state index in [1.54, 1.807) is 0 Å². The van der Waals surface area contributed by atoms with Crippen LogP contribution in [-0.2, 0) is 0 Å². The summed E-state index contributed by atoms with van der Waals surface area (Å²) >= 11 is 5.76. The molecule has 58 valence electrons. The van der Waals surface area contributed by atoms with Crippen LogP contribution >= 0.6 is 24.0 Å². The molecule has 3 heteroatoms. The minimum atomic E-state index is 0. The maximum atomic E-state index is 5.76. The van der Waals surface area contributed by atoms with Crippen molar-refractivity contribution in [2.24, 2.45) is 0 Å². The Morgan fingerprint density at radius 2 is 2.00 bits per heavy atom. The Hall–Kier alpha value is -0.660. The van der Waals surface area contributed by atoms with E-state index in [0.29, 0.717) is 0 Å². The van der Waals surface area contributed by atoms with Gasteiger partial charge in [0, 0.05) is 22.1 Å². The molecule has 1 nitrogen and oxygen atoms in total. The van der Waals surface area contributed by atoms with E-state index in [1.165, 1.54) is 0 Å². The van der Waals surface area contributed by atoms with Gasteiger partial charge in [0.25, 0.3) is 0 Å². The zero-order valence-corrected chi connectivity index (χ0v) is 7.25. The van der Waals surface area contributed by atoms with Crippen LogP contribution in [0.4, 0.5) is 0 Å². The zero-order valence-electron chi connectivity index (χ0n) is 5.67. The van der Waals surface area contributed by atoms with Gasteiger partial charge in [0.2, 0.25) is 0 Å². The van der Waals surface area contributed by atoms with Crippen LogP contribution in [0.25, 0.3) is 10.9 Å². The third-order valence-corrected chi connectivity index (χ3v) is 1.75. The molecule has 0 unspecified atom stereocenters. The van der Waals surface area contributed by atoms with Crippen LogP contribution in [0.15, 0.2) is 30.5 Å². The number of aromatic nitrogens is 1. The number of H-pyrrole nitrogens is 1. The van der Waals surface area contributed by atoms with Crippen molar-refractivity contribution in [3.05, 3.63) is 35.5 Å². The largest absolute Gasteiger partial charge is 0.361 e. The Morgan fingerprint density at radius 3 is 2.82 bits per heavy atom. The van der Waals surface area contributed by atoms with Crippen LogP contribution in [-0.4, -0.2) is 4.98 Å². The fraction of sp³-hybridized carbons (Fsp3) is 0. The van der Waals surface area contributed by atoms with Gasteiger partial charge in [-0.15, -0.1) is 12.4 Å². The van der Waals surface area contributed by atoms with E-state index in [9.17, 15) is 0 Å². The first-order valence-electron chi connectivity index (χ1n) is 3.09. The van der Waals surface area contributed by atoms with Crippen molar-refractivity contribution in [1.82, 2.24) is 4.98 Å². The molecule has 0 atom stereocenters.